The third-order valence-electron chi connectivity index (χ3n) is 6.75. The molecular weight excluding hydrogens is 579 g/mol. The number of unbranched alkanes of at least 4 members (excludes halogenated alkanes) is 15. The molecular formula is C30H69N2O10P. The van der Waals surface area contributed by atoms with Crippen molar-refractivity contribution in [3.05, 3.63) is 0 Å². The number of phosphoric acid groups is 1. The van der Waals surface area contributed by atoms with E-state index in [9.17, 15) is 4.57 Å². The summed E-state index contributed by atoms with van der Waals surface area (Å²) in [4.78, 5) is 20.6. The maximum atomic E-state index is 10.5. The number of rotatable bonds is 30. The van der Waals surface area contributed by atoms with Crippen LogP contribution < -0.4 is 0 Å². The van der Waals surface area contributed by atoms with Crippen LogP contribution in [0, 0.1) is 0 Å². The van der Waals surface area contributed by atoms with Gasteiger partial charge in [0.25, 0.3) is 0 Å². The largest absolute Gasteiger partial charge is 0.469 e. The van der Waals surface area contributed by atoms with Gasteiger partial charge in [-0.15, -0.1) is 0 Å². The molecule has 0 radical (unpaired) electrons. The van der Waals surface area contributed by atoms with Crippen molar-refractivity contribution in [2.75, 3.05) is 85.5 Å². The minimum Gasteiger partial charge on any atom is -0.395 e. The molecule has 0 saturated carbocycles. The Labute approximate surface area is 262 Å². The van der Waals surface area contributed by atoms with Gasteiger partial charge in [0.2, 0.25) is 0 Å². The first kappa shape index (κ1) is 47.2. The van der Waals surface area contributed by atoms with Crippen molar-refractivity contribution in [1.82, 2.24) is 9.80 Å². The smallest absolute Gasteiger partial charge is 0.395 e. The van der Waals surface area contributed by atoms with Gasteiger partial charge in [0, 0.05) is 39.3 Å². The quantitative estimate of drug-likeness (QED) is 0.0420. The number of aliphatic hydroxyl groups excluding tert-OH is 6. The predicted molar refractivity (Wildman–Crippen MR) is 173 cm³/mol. The second-order valence-corrected chi connectivity index (χ2v) is 11.9. The van der Waals surface area contributed by atoms with E-state index >= 15 is 0 Å². The molecule has 0 atom stereocenters. The van der Waals surface area contributed by atoms with E-state index in [1.807, 2.05) is 0 Å². The van der Waals surface area contributed by atoms with Crippen LogP contribution in [0.15, 0.2) is 0 Å². The van der Waals surface area contributed by atoms with Gasteiger partial charge in [-0.3, -0.25) is 14.3 Å². The molecule has 0 fully saturated rings. The molecule has 0 rings (SSSR count). The number of hydrogen-bond donors (Lipinski definition) is 8. The van der Waals surface area contributed by atoms with Crippen LogP contribution in [0.2, 0.25) is 0 Å². The highest BCUT2D eigenvalue weighted by atomic mass is 31.2. The molecule has 43 heavy (non-hydrogen) atoms. The molecule has 0 aromatic heterocycles. The van der Waals surface area contributed by atoms with E-state index < -0.39 is 7.82 Å². The first-order valence-electron chi connectivity index (χ1n) is 16.6. The summed E-state index contributed by atoms with van der Waals surface area (Å²) in [5.74, 6) is 0. The van der Waals surface area contributed by atoms with Crippen LogP contribution in [0.4, 0.5) is 0 Å². The maximum absolute atomic E-state index is 10.5. The molecule has 0 spiro atoms. The molecule has 0 aromatic carbocycles. The SMILES string of the molecule is CCCCCCCCCCCCCCCCCCOP(=O)(O)O.OCCN(CCO)CCO.OCCN(CCO)CCO. The standard InChI is InChI=1S/C18H39O4P.2C6H15NO3/c1-2-3-4-5-6-7-8-9-10-11-12-13-14-15-16-17-18-22-23(19,20)21;2*8-4-1-7(2-5-9)3-6-10/h2-18H2,1H3,(H2,19,20,21);2*8-10H,1-6H2. The van der Waals surface area contributed by atoms with Gasteiger partial charge < -0.3 is 40.4 Å². The molecule has 0 saturated heterocycles. The summed E-state index contributed by atoms with van der Waals surface area (Å²) in [6.45, 7) is 5.94. The number of nitrogens with zero attached hydrogens (tertiary/aromatic N) is 2. The van der Waals surface area contributed by atoms with Crippen molar-refractivity contribution >= 4 is 7.82 Å². The molecule has 0 amide bonds. The van der Waals surface area contributed by atoms with Gasteiger partial charge in [0.15, 0.2) is 0 Å². The molecule has 0 aromatic rings. The van der Waals surface area contributed by atoms with Crippen LogP contribution in [-0.4, -0.2) is 136 Å². The number of phosphoric ester groups is 1. The summed E-state index contributed by atoms with van der Waals surface area (Å²) in [5.41, 5.74) is 0. The monoisotopic (exact) mass is 648 g/mol. The zero-order valence-electron chi connectivity index (χ0n) is 27.2. The molecule has 12 nitrogen and oxygen atoms in total. The van der Waals surface area contributed by atoms with Crippen molar-refractivity contribution < 1.29 is 49.5 Å². The van der Waals surface area contributed by atoms with Crippen LogP contribution in [0.1, 0.15) is 110 Å². The van der Waals surface area contributed by atoms with E-state index in [0.29, 0.717) is 39.3 Å². The molecule has 264 valence electrons. The minimum absolute atomic E-state index is 0.0694. The third-order valence-corrected chi connectivity index (χ3v) is 7.27. The van der Waals surface area contributed by atoms with Crippen LogP contribution >= 0.6 is 7.82 Å². The Bertz CT molecular complexity index is 501. The fourth-order valence-corrected chi connectivity index (χ4v) is 4.72. The Balaban J connectivity index is -0.000000658. The van der Waals surface area contributed by atoms with Gasteiger partial charge in [-0.05, 0) is 6.42 Å². The highest BCUT2D eigenvalue weighted by Gasteiger charge is 2.12. The topological polar surface area (TPSA) is 195 Å². The zero-order chi connectivity index (χ0) is 32.9. The van der Waals surface area contributed by atoms with Crippen molar-refractivity contribution in [2.24, 2.45) is 0 Å². The van der Waals surface area contributed by atoms with Crippen LogP contribution in [-0.2, 0) is 9.09 Å². The first-order chi connectivity index (χ1) is 20.8. The molecule has 0 heterocycles. The highest BCUT2D eigenvalue weighted by Crippen LogP contribution is 2.35. The van der Waals surface area contributed by atoms with E-state index in [0.717, 1.165) is 19.3 Å². The normalized spacial score (nSPS) is 11.4. The summed E-state index contributed by atoms with van der Waals surface area (Å²) in [6, 6.07) is 0. The Morgan fingerprint density at radius 2 is 0.674 bits per heavy atom. The molecule has 0 aliphatic heterocycles. The van der Waals surface area contributed by atoms with Crippen molar-refractivity contribution in [3.8, 4) is 0 Å². The van der Waals surface area contributed by atoms with Gasteiger partial charge in [0.05, 0.1) is 46.2 Å². The molecule has 13 heteroatoms. The van der Waals surface area contributed by atoms with E-state index in [2.05, 4.69) is 11.4 Å². The second-order valence-electron chi connectivity index (χ2n) is 10.7. The van der Waals surface area contributed by atoms with E-state index in [-0.39, 0.29) is 46.2 Å². The predicted octanol–water partition coefficient (Wildman–Crippen LogP) is 2.89. The summed E-state index contributed by atoms with van der Waals surface area (Å²) >= 11 is 0. The van der Waals surface area contributed by atoms with E-state index in [1.54, 1.807) is 9.80 Å². The maximum Gasteiger partial charge on any atom is 0.469 e. The summed E-state index contributed by atoms with van der Waals surface area (Å²) in [7, 11) is -4.26. The molecule has 0 unspecified atom stereocenters. The molecule has 0 aliphatic rings. The molecule has 0 aliphatic carbocycles. The zero-order valence-corrected chi connectivity index (χ0v) is 28.1. The summed E-state index contributed by atoms with van der Waals surface area (Å²) in [5, 5.41) is 50.9. The van der Waals surface area contributed by atoms with Gasteiger partial charge in [-0.25, -0.2) is 4.57 Å². The summed E-state index contributed by atoms with van der Waals surface area (Å²) < 4.78 is 14.9. The molecule has 0 bridgehead atoms. The van der Waals surface area contributed by atoms with Crippen LogP contribution in [0.25, 0.3) is 0 Å². The second kappa shape index (κ2) is 39.8. The fraction of sp³-hybridized carbons (Fsp3) is 1.00. The first-order valence-corrected chi connectivity index (χ1v) is 18.1. The Morgan fingerprint density at radius 1 is 0.442 bits per heavy atom. The lowest BCUT2D eigenvalue weighted by molar-refractivity contribution is 0.136. The average molecular weight is 649 g/mol. The Hall–Kier alpha value is -0.210. The summed E-state index contributed by atoms with van der Waals surface area (Å²) in [6.07, 6.45) is 20.7. The lowest BCUT2D eigenvalue weighted by atomic mass is 10.0. The van der Waals surface area contributed by atoms with Crippen LogP contribution in [0.3, 0.4) is 0 Å². The number of aliphatic hydroxyl groups is 6. The van der Waals surface area contributed by atoms with Gasteiger partial charge >= 0.3 is 7.82 Å². The average Bonchev–Trinajstić information content (AvgIpc) is 2.96. The molecule has 8 N–H and O–H groups in total. The lowest BCUT2D eigenvalue weighted by Crippen LogP contribution is -2.32. The highest BCUT2D eigenvalue weighted by molar-refractivity contribution is 7.46. The van der Waals surface area contributed by atoms with Crippen molar-refractivity contribution in [3.63, 3.8) is 0 Å². The van der Waals surface area contributed by atoms with Crippen LogP contribution in [0.5, 0.6) is 0 Å². The van der Waals surface area contributed by atoms with E-state index in [4.69, 9.17) is 40.4 Å². The van der Waals surface area contributed by atoms with Crippen molar-refractivity contribution in [2.45, 2.75) is 110 Å². The lowest BCUT2D eigenvalue weighted by Gasteiger charge is -2.17. The van der Waals surface area contributed by atoms with Gasteiger partial charge in [-0.1, -0.05) is 103 Å². The third kappa shape index (κ3) is 46.3. The number of hydrogen-bond acceptors (Lipinski definition) is 10. The van der Waals surface area contributed by atoms with E-state index in [1.165, 1.54) is 83.5 Å². The van der Waals surface area contributed by atoms with Crippen molar-refractivity contribution in [1.29, 1.82) is 0 Å². The fourth-order valence-electron chi connectivity index (χ4n) is 4.35. The Kier molecular flexibility index (Phi) is 43.7. The van der Waals surface area contributed by atoms with Gasteiger partial charge in [0.1, 0.15) is 0 Å². The Morgan fingerprint density at radius 3 is 0.884 bits per heavy atom. The minimum atomic E-state index is -4.26. The van der Waals surface area contributed by atoms with Gasteiger partial charge in [-0.2, -0.15) is 0 Å².